The van der Waals surface area contributed by atoms with Crippen LogP contribution in [-0.4, -0.2) is 46.6 Å². The molecule has 1 unspecified atom stereocenters. The zero-order valence-electron chi connectivity index (χ0n) is 14.0. The van der Waals surface area contributed by atoms with Crippen LogP contribution in [0, 0.1) is 11.7 Å². The lowest BCUT2D eigenvalue weighted by Gasteiger charge is -2.39. The van der Waals surface area contributed by atoms with Crippen molar-refractivity contribution in [3.63, 3.8) is 0 Å². The third-order valence-corrected chi connectivity index (χ3v) is 4.99. The van der Waals surface area contributed by atoms with Gasteiger partial charge in [-0.05, 0) is 30.7 Å². The van der Waals surface area contributed by atoms with Gasteiger partial charge in [0.25, 0.3) is 0 Å². The number of hydrogen-bond acceptors (Lipinski definition) is 5. The third kappa shape index (κ3) is 2.86. The minimum atomic E-state index is -0.689. The molecule has 0 radical (unpaired) electrons. The molecule has 136 valence electrons. The first-order valence-electron chi connectivity index (χ1n) is 8.49. The molecular weight excluding hydrogens is 341 g/mol. The van der Waals surface area contributed by atoms with Gasteiger partial charge in [-0.15, -0.1) is 0 Å². The zero-order valence-corrected chi connectivity index (χ0v) is 14.0. The van der Waals surface area contributed by atoms with Crippen LogP contribution in [0.15, 0.2) is 34.9 Å². The second-order valence-corrected chi connectivity index (χ2v) is 6.62. The van der Waals surface area contributed by atoms with Crippen molar-refractivity contribution in [2.75, 3.05) is 24.5 Å². The number of likely N-dealkylation sites (tertiary alicyclic amines) is 1. The van der Waals surface area contributed by atoms with Crippen LogP contribution in [0.5, 0.6) is 0 Å². The van der Waals surface area contributed by atoms with Crippen molar-refractivity contribution in [3.05, 3.63) is 47.6 Å². The van der Waals surface area contributed by atoms with Gasteiger partial charge in [0.2, 0.25) is 11.8 Å². The van der Waals surface area contributed by atoms with E-state index in [1.54, 1.807) is 23.1 Å². The lowest BCUT2D eigenvalue weighted by atomic mass is 9.93. The van der Waals surface area contributed by atoms with Crippen molar-refractivity contribution in [2.45, 2.75) is 18.9 Å². The topological polar surface area (TPSA) is 86.9 Å². The number of amides is 2. The van der Waals surface area contributed by atoms with Gasteiger partial charge in [-0.1, -0.05) is 5.16 Å². The normalized spacial score (nSPS) is 20.5. The smallest absolute Gasteiger partial charge is 0.239 e. The van der Waals surface area contributed by atoms with Crippen LogP contribution in [0.4, 0.5) is 10.1 Å². The molecule has 2 saturated heterocycles. The zero-order chi connectivity index (χ0) is 18.3. The van der Waals surface area contributed by atoms with Crippen LogP contribution < -0.4 is 4.90 Å². The number of carbonyl (C=O) groups is 2. The maximum absolute atomic E-state index is 13.0. The first-order valence-corrected chi connectivity index (χ1v) is 8.49. The highest BCUT2D eigenvalue weighted by molar-refractivity contribution is 6.09. The predicted octanol–water partition coefficient (Wildman–Crippen LogP) is 1.28. The molecule has 1 aromatic carbocycles. The van der Waals surface area contributed by atoms with Crippen molar-refractivity contribution >= 4 is 17.5 Å². The second kappa shape index (κ2) is 6.53. The van der Waals surface area contributed by atoms with Gasteiger partial charge in [-0.25, -0.2) is 4.39 Å². The summed E-state index contributed by atoms with van der Waals surface area (Å²) in [6, 6.07) is 7.38. The molecule has 0 aliphatic carbocycles. The van der Waals surface area contributed by atoms with E-state index in [1.807, 2.05) is 0 Å². The van der Waals surface area contributed by atoms with Crippen LogP contribution in [0.3, 0.4) is 0 Å². The quantitative estimate of drug-likeness (QED) is 0.831. The summed E-state index contributed by atoms with van der Waals surface area (Å²) in [7, 11) is 0. The number of nitrogens with zero attached hydrogens (tertiary/aromatic N) is 3. The molecule has 26 heavy (non-hydrogen) atoms. The van der Waals surface area contributed by atoms with Crippen molar-refractivity contribution in [1.29, 1.82) is 0 Å². The number of halogens is 1. The summed E-state index contributed by atoms with van der Waals surface area (Å²) < 4.78 is 18.0. The highest BCUT2D eigenvalue weighted by atomic mass is 19.1. The third-order valence-electron chi connectivity index (χ3n) is 4.99. The number of rotatable bonds is 4. The average Bonchev–Trinajstić information content (AvgIpc) is 3.21. The maximum Gasteiger partial charge on any atom is 0.239 e. The first kappa shape index (κ1) is 16.7. The highest BCUT2D eigenvalue weighted by Crippen LogP contribution is 2.32. The van der Waals surface area contributed by atoms with E-state index in [0.29, 0.717) is 43.2 Å². The van der Waals surface area contributed by atoms with E-state index < -0.39 is 5.92 Å². The summed E-state index contributed by atoms with van der Waals surface area (Å²) in [5.41, 5.74) is 1.32. The number of hydrogen-bond donors (Lipinski definition) is 1. The second-order valence-electron chi connectivity index (χ2n) is 6.62. The number of aromatic nitrogens is 1. The molecule has 1 N–H and O–H groups in total. The standard InChI is InChI=1S/C18H18FN3O4/c19-12-1-3-13(4-2-12)22-6-5-15(18(22)25)17(24)21-8-11(9-21)16-7-14(10-23)26-20-16/h1-4,7,11,15,23H,5-6,8-10H2. The van der Waals surface area contributed by atoms with E-state index in [-0.39, 0.29) is 30.2 Å². The first-order chi connectivity index (χ1) is 12.6. The lowest BCUT2D eigenvalue weighted by molar-refractivity contribution is -0.143. The fourth-order valence-corrected chi connectivity index (χ4v) is 3.45. The van der Waals surface area contributed by atoms with E-state index in [4.69, 9.17) is 9.63 Å². The Kier molecular flexibility index (Phi) is 4.20. The average molecular weight is 359 g/mol. The minimum Gasteiger partial charge on any atom is -0.388 e. The Morgan fingerprint density at radius 2 is 2.04 bits per heavy atom. The molecule has 2 fully saturated rings. The van der Waals surface area contributed by atoms with Gasteiger partial charge in [-0.3, -0.25) is 9.59 Å². The number of benzene rings is 1. The molecule has 4 rings (SSSR count). The van der Waals surface area contributed by atoms with Crippen LogP contribution in [0.25, 0.3) is 0 Å². The Morgan fingerprint density at radius 3 is 2.69 bits per heavy atom. The van der Waals surface area contributed by atoms with E-state index in [9.17, 15) is 14.0 Å². The number of carbonyl (C=O) groups excluding carboxylic acids is 2. The molecule has 8 heteroatoms. The van der Waals surface area contributed by atoms with Gasteiger partial charge >= 0.3 is 0 Å². The van der Waals surface area contributed by atoms with Gasteiger partial charge < -0.3 is 19.4 Å². The maximum atomic E-state index is 13.0. The van der Waals surface area contributed by atoms with Crippen LogP contribution in [-0.2, 0) is 16.2 Å². The SMILES string of the molecule is O=C(C1CCN(c2ccc(F)cc2)C1=O)N1CC(c2cc(CO)on2)C1. The van der Waals surface area contributed by atoms with Gasteiger partial charge in [0.1, 0.15) is 18.3 Å². The molecule has 2 amide bonds. The fraction of sp³-hybridized carbons (Fsp3) is 0.389. The van der Waals surface area contributed by atoms with Crippen molar-refractivity contribution < 1.29 is 23.6 Å². The summed E-state index contributed by atoms with van der Waals surface area (Å²) >= 11 is 0. The number of aliphatic hydroxyl groups is 1. The molecule has 1 aromatic heterocycles. The molecule has 0 bridgehead atoms. The van der Waals surface area contributed by atoms with Crippen molar-refractivity contribution in [3.8, 4) is 0 Å². The highest BCUT2D eigenvalue weighted by Gasteiger charge is 2.43. The minimum absolute atomic E-state index is 0.0627. The van der Waals surface area contributed by atoms with E-state index in [2.05, 4.69) is 5.16 Å². The Labute approximate surface area is 149 Å². The molecule has 0 saturated carbocycles. The fourth-order valence-electron chi connectivity index (χ4n) is 3.45. The van der Waals surface area contributed by atoms with E-state index in [1.165, 1.54) is 17.0 Å². The van der Waals surface area contributed by atoms with Gasteiger partial charge in [0.05, 0.1) is 5.69 Å². The molecule has 2 aliphatic rings. The summed E-state index contributed by atoms with van der Waals surface area (Å²) in [5, 5.41) is 12.9. The molecule has 1 atom stereocenters. The Balaban J connectivity index is 1.37. The Hall–Kier alpha value is -2.74. The Morgan fingerprint density at radius 1 is 1.31 bits per heavy atom. The molecule has 2 aliphatic heterocycles. The van der Waals surface area contributed by atoms with E-state index in [0.717, 1.165) is 0 Å². The molecule has 0 spiro atoms. The molecular formula is C18H18FN3O4. The van der Waals surface area contributed by atoms with Gasteiger partial charge in [-0.2, -0.15) is 0 Å². The largest absolute Gasteiger partial charge is 0.388 e. The van der Waals surface area contributed by atoms with E-state index >= 15 is 0 Å². The molecule has 7 nitrogen and oxygen atoms in total. The summed E-state index contributed by atoms with van der Waals surface area (Å²) in [4.78, 5) is 28.4. The Bertz CT molecular complexity index is 829. The summed E-state index contributed by atoms with van der Waals surface area (Å²) in [6.07, 6.45) is 0.453. The number of anilines is 1. The number of aliphatic hydroxyl groups excluding tert-OH is 1. The van der Waals surface area contributed by atoms with Crippen LogP contribution >= 0.6 is 0 Å². The molecule has 3 heterocycles. The summed E-state index contributed by atoms with van der Waals surface area (Å²) in [6.45, 7) is 1.20. The van der Waals surface area contributed by atoms with Gasteiger partial charge in [0.15, 0.2) is 5.76 Å². The lowest BCUT2D eigenvalue weighted by Crippen LogP contribution is -2.52. The van der Waals surface area contributed by atoms with Crippen molar-refractivity contribution in [1.82, 2.24) is 10.1 Å². The summed E-state index contributed by atoms with van der Waals surface area (Å²) in [5.74, 6) is -1.02. The van der Waals surface area contributed by atoms with Crippen LogP contribution in [0.1, 0.15) is 23.8 Å². The van der Waals surface area contributed by atoms with Crippen LogP contribution in [0.2, 0.25) is 0 Å². The van der Waals surface area contributed by atoms with Gasteiger partial charge in [0, 0.05) is 37.3 Å². The molecule has 2 aromatic rings. The van der Waals surface area contributed by atoms with Crippen molar-refractivity contribution in [2.24, 2.45) is 5.92 Å². The monoisotopic (exact) mass is 359 g/mol. The predicted molar refractivity (Wildman–Crippen MR) is 88.6 cm³/mol.